The Labute approximate surface area is 174 Å². The first-order valence-electron chi connectivity index (χ1n) is 10.2. The van der Waals surface area contributed by atoms with Gasteiger partial charge in [0.15, 0.2) is 5.58 Å². The summed E-state index contributed by atoms with van der Waals surface area (Å²) in [5.41, 5.74) is 2.18. The lowest BCUT2D eigenvalue weighted by molar-refractivity contribution is 0.0173. The van der Waals surface area contributed by atoms with Crippen molar-refractivity contribution in [2.75, 3.05) is 0 Å². The van der Waals surface area contributed by atoms with Crippen LogP contribution in [0.4, 0.5) is 0 Å². The van der Waals surface area contributed by atoms with Gasteiger partial charge in [-0.2, -0.15) is 0 Å². The minimum atomic E-state index is -0.825. The number of hydrogen-bond donors (Lipinski definition) is 1. The first-order valence-corrected chi connectivity index (χ1v) is 10.2. The smallest absolute Gasteiger partial charge is 0.336 e. The monoisotopic (exact) mass is 404 g/mol. The molecule has 0 bridgehead atoms. The maximum absolute atomic E-state index is 12.6. The van der Waals surface area contributed by atoms with Crippen molar-refractivity contribution in [3.8, 4) is 22.6 Å². The summed E-state index contributed by atoms with van der Waals surface area (Å²) < 4.78 is 18.3. The predicted molar refractivity (Wildman–Crippen MR) is 116 cm³/mol. The average molecular weight is 404 g/mol. The van der Waals surface area contributed by atoms with Crippen molar-refractivity contribution in [3.05, 3.63) is 64.0 Å². The Morgan fingerprint density at radius 1 is 1.07 bits per heavy atom. The van der Waals surface area contributed by atoms with Gasteiger partial charge in [-0.25, -0.2) is 4.79 Å². The van der Waals surface area contributed by atoms with Crippen LogP contribution in [0, 0.1) is 5.92 Å². The molecule has 5 nitrogen and oxygen atoms in total. The van der Waals surface area contributed by atoms with E-state index in [2.05, 4.69) is 0 Å². The van der Waals surface area contributed by atoms with Gasteiger partial charge in [-0.1, -0.05) is 37.3 Å². The van der Waals surface area contributed by atoms with Crippen LogP contribution in [0.25, 0.3) is 28.2 Å². The third-order valence-electron chi connectivity index (χ3n) is 6.11. The molecule has 30 heavy (non-hydrogen) atoms. The van der Waals surface area contributed by atoms with E-state index in [-0.39, 0.29) is 12.0 Å². The average Bonchev–Trinajstić information content (AvgIpc) is 2.71. The van der Waals surface area contributed by atoms with Crippen molar-refractivity contribution in [2.45, 2.75) is 45.5 Å². The molecule has 3 atom stereocenters. The number of hydrogen-bond acceptors (Lipinski definition) is 5. The molecule has 2 aliphatic rings. The Hall–Kier alpha value is -3.05. The van der Waals surface area contributed by atoms with Gasteiger partial charge in [0.25, 0.3) is 0 Å². The molecule has 0 fully saturated rings. The molecule has 2 aromatic carbocycles. The Kier molecular flexibility index (Phi) is 4.09. The van der Waals surface area contributed by atoms with Gasteiger partial charge in [-0.3, -0.25) is 0 Å². The second-order valence-corrected chi connectivity index (χ2v) is 8.70. The SMILES string of the molecule is C[C@H]1[C@H](O)c2c(c3c(c4c(-c5ccccc5)cc(=O)oc24)OC(C)(C)C=C3)O[C@@H]1C. The second-order valence-electron chi connectivity index (χ2n) is 8.70. The Morgan fingerprint density at radius 3 is 2.53 bits per heavy atom. The Morgan fingerprint density at radius 2 is 1.80 bits per heavy atom. The quantitative estimate of drug-likeness (QED) is 0.572. The molecule has 154 valence electrons. The second kappa shape index (κ2) is 6.47. The highest BCUT2D eigenvalue weighted by Crippen LogP contribution is 2.53. The van der Waals surface area contributed by atoms with Gasteiger partial charge in [0.05, 0.1) is 22.6 Å². The van der Waals surface area contributed by atoms with E-state index in [0.717, 1.165) is 11.1 Å². The number of benzene rings is 2. The van der Waals surface area contributed by atoms with Crippen molar-refractivity contribution < 1.29 is 19.0 Å². The fourth-order valence-electron chi connectivity index (χ4n) is 4.29. The van der Waals surface area contributed by atoms with Crippen molar-refractivity contribution in [2.24, 2.45) is 5.92 Å². The molecule has 3 heterocycles. The molecule has 2 aliphatic heterocycles. The van der Waals surface area contributed by atoms with Crippen LogP contribution in [0.5, 0.6) is 11.5 Å². The van der Waals surface area contributed by atoms with Gasteiger partial charge < -0.3 is 19.0 Å². The summed E-state index contributed by atoms with van der Waals surface area (Å²) in [6.07, 6.45) is 2.93. The minimum Gasteiger partial charge on any atom is -0.489 e. The van der Waals surface area contributed by atoms with Crippen LogP contribution in [0.1, 0.15) is 44.9 Å². The van der Waals surface area contributed by atoms with Crippen LogP contribution in [0.2, 0.25) is 0 Å². The van der Waals surface area contributed by atoms with E-state index < -0.39 is 17.3 Å². The van der Waals surface area contributed by atoms with Crippen LogP contribution in [0.15, 0.2) is 51.7 Å². The van der Waals surface area contributed by atoms with Crippen LogP contribution >= 0.6 is 0 Å². The van der Waals surface area contributed by atoms with Crippen LogP contribution in [-0.2, 0) is 0 Å². The number of fused-ring (bicyclic) bond motifs is 6. The number of ether oxygens (including phenoxy) is 2. The van der Waals surface area contributed by atoms with Gasteiger partial charge in [0.1, 0.15) is 23.2 Å². The molecular formula is C25H24O5. The zero-order chi connectivity index (χ0) is 21.2. The van der Waals surface area contributed by atoms with Gasteiger partial charge in [0.2, 0.25) is 0 Å². The van der Waals surface area contributed by atoms with Crippen molar-refractivity contribution in [1.82, 2.24) is 0 Å². The van der Waals surface area contributed by atoms with Crippen LogP contribution in [-0.4, -0.2) is 16.8 Å². The maximum Gasteiger partial charge on any atom is 0.336 e. The largest absolute Gasteiger partial charge is 0.489 e. The zero-order valence-corrected chi connectivity index (χ0v) is 17.4. The molecule has 0 saturated carbocycles. The molecule has 5 rings (SSSR count). The number of aliphatic hydroxyl groups is 1. The third kappa shape index (κ3) is 2.76. The number of aliphatic hydroxyl groups excluding tert-OH is 1. The molecule has 3 aromatic rings. The summed E-state index contributed by atoms with van der Waals surface area (Å²) in [7, 11) is 0. The predicted octanol–water partition coefficient (Wildman–Crippen LogP) is 5.09. The highest BCUT2D eigenvalue weighted by atomic mass is 16.5. The molecule has 0 unspecified atom stereocenters. The van der Waals surface area contributed by atoms with E-state index in [0.29, 0.717) is 33.6 Å². The first kappa shape index (κ1) is 18.9. The molecule has 0 aliphatic carbocycles. The summed E-state index contributed by atoms with van der Waals surface area (Å²) in [6, 6.07) is 11.2. The summed E-state index contributed by atoms with van der Waals surface area (Å²) in [4.78, 5) is 12.6. The molecule has 0 saturated heterocycles. The minimum absolute atomic E-state index is 0.158. The fraction of sp³-hybridized carbons (Fsp3) is 0.320. The van der Waals surface area contributed by atoms with Crippen molar-refractivity contribution in [1.29, 1.82) is 0 Å². The van der Waals surface area contributed by atoms with E-state index in [1.807, 2.05) is 70.2 Å². The van der Waals surface area contributed by atoms with Crippen LogP contribution in [0.3, 0.4) is 0 Å². The van der Waals surface area contributed by atoms with E-state index >= 15 is 0 Å². The fourth-order valence-corrected chi connectivity index (χ4v) is 4.29. The van der Waals surface area contributed by atoms with E-state index in [1.54, 1.807) is 0 Å². The first-order chi connectivity index (χ1) is 14.3. The molecule has 0 radical (unpaired) electrons. The molecular weight excluding hydrogens is 380 g/mol. The lowest BCUT2D eigenvalue weighted by atomic mass is 9.84. The Bertz CT molecular complexity index is 1240. The Balaban J connectivity index is 1.97. The molecule has 5 heteroatoms. The van der Waals surface area contributed by atoms with Crippen molar-refractivity contribution >= 4 is 17.0 Å². The van der Waals surface area contributed by atoms with Crippen LogP contribution < -0.4 is 15.1 Å². The summed E-state index contributed by atoms with van der Waals surface area (Å²) >= 11 is 0. The lowest BCUT2D eigenvalue weighted by Gasteiger charge is -2.37. The summed E-state index contributed by atoms with van der Waals surface area (Å²) in [6.45, 7) is 7.80. The van der Waals surface area contributed by atoms with E-state index in [4.69, 9.17) is 13.9 Å². The maximum atomic E-state index is 12.6. The van der Waals surface area contributed by atoms with Crippen molar-refractivity contribution in [3.63, 3.8) is 0 Å². The lowest BCUT2D eigenvalue weighted by Crippen LogP contribution is -2.34. The summed E-state index contributed by atoms with van der Waals surface area (Å²) in [5.74, 6) is 0.970. The summed E-state index contributed by atoms with van der Waals surface area (Å²) in [5, 5.41) is 11.8. The van der Waals surface area contributed by atoms with Gasteiger partial charge >= 0.3 is 5.63 Å². The van der Waals surface area contributed by atoms with E-state index in [9.17, 15) is 9.90 Å². The molecule has 1 aromatic heterocycles. The third-order valence-corrected chi connectivity index (χ3v) is 6.11. The van der Waals surface area contributed by atoms with Gasteiger partial charge in [0, 0.05) is 17.5 Å². The highest BCUT2D eigenvalue weighted by Gasteiger charge is 2.40. The molecule has 0 spiro atoms. The van der Waals surface area contributed by atoms with Gasteiger partial charge in [-0.05, 0) is 38.5 Å². The van der Waals surface area contributed by atoms with E-state index in [1.165, 1.54) is 6.07 Å². The zero-order valence-electron chi connectivity index (χ0n) is 17.4. The highest BCUT2D eigenvalue weighted by molar-refractivity contribution is 6.04. The normalized spacial score (nSPS) is 24.0. The van der Waals surface area contributed by atoms with Gasteiger partial charge in [-0.15, -0.1) is 0 Å². The standard InChI is InChI=1S/C25H24O5/c1-13-14(2)28-22-16-10-11-25(3,4)30-23(16)19-17(15-8-6-5-7-9-15)12-18(26)29-24(19)20(22)21(13)27/h5-14,21,27H,1-4H3/t13-,14-,21+/m1/s1. The molecule has 1 N–H and O–H groups in total. The molecule has 0 amide bonds. The number of rotatable bonds is 1. The topological polar surface area (TPSA) is 68.9 Å².